The van der Waals surface area contributed by atoms with E-state index in [0.29, 0.717) is 18.5 Å². The molecule has 0 spiro atoms. The van der Waals surface area contributed by atoms with E-state index in [1.54, 1.807) is 24.7 Å². The average Bonchev–Trinajstić information content (AvgIpc) is 3.46. The maximum Gasteiger partial charge on any atom is 0.297 e. The maximum absolute atomic E-state index is 12.6. The van der Waals surface area contributed by atoms with Crippen LogP contribution in [0.5, 0.6) is 5.75 Å². The molecule has 3 aromatic heterocycles. The predicted molar refractivity (Wildman–Crippen MR) is 123 cm³/mol. The lowest BCUT2D eigenvalue weighted by Gasteiger charge is -2.10. The molecule has 1 N–H and O–H groups in total. The first-order chi connectivity index (χ1) is 15.5. The Morgan fingerprint density at radius 2 is 1.91 bits per heavy atom. The number of thiophene rings is 1. The Bertz CT molecular complexity index is 1270. The molecule has 0 aliphatic rings. The van der Waals surface area contributed by atoms with Gasteiger partial charge >= 0.3 is 0 Å². The number of benzene rings is 1. The molecule has 0 amide bonds. The summed E-state index contributed by atoms with van der Waals surface area (Å²) in [4.78, 5) is 31.2. The van der Waals surface area contributed by atoms with E-state index >= 15 is 0 Å². The molecular weight excluding hydrogens is 426 g/mol. The van der Waals surface area contributed by atoms with Crippen LogP contribution in [0.1, 0.15) is 26.7 Å². The van der Waals surface area contributed by atoms with Gasteiger partial charge in [-0.25, -0.2) is 4.98 Å². The SMILES string of the molecule is Cc1ccc(C(=O)CCc2cn(-c3ccc(-n4cccc(OCCO)c4=O)cc3)cn2)s1. The van der Waals surface area contributed by atoms with Crippen molar-refractivity contribution in [3.05, 3.63) is 93.1 Å². The summed E-state index contributed by atoms with van der Waals surface area (Å²) in [6, 6.07) is 14.6. The van der Waals surface area contributed by atoms with Crippen molar-refractivity contribution < 1.29 is 14.6 Å². The molecule has 0 aliphatic carbocycles. The topological polar surface area (TPSA) is 86.4 Å². The predicted octanol–water partition coefficient (Wildman–Crippen LogP) is 3.58. The molecule has 32 heavy (non-hydrogen) atoms. The molecule has 3 heterocycles. The van der Waals surface area contributed by atoms with Crippen LogP contribution < -0.4 is 10.3 Å². The quantitative estimate of drug-likeness (QED) is 0.395. The molecule has 0 bridgehead atoms. The number of imidazole rings is 1. The van der Waals surface area contributed by atoms with Gasteiger partial charge in [-0.05, 0) is 61.9 Å². The van der Waals surface area contributed by atoms with E-state index in [2.05, 4.69) is 4.98 Å². The summed E-state index contributed by atoms with van der Waals surface area (Å²) in [6.45, 7) is 1.91. The maximum atomic E-state index is 12.6. The summed E-state index contributed by atoms with van der Waals surface area (Å²) >= 11 is 1.52. The highest BCUT2D eigenvalue weighted by Crippen LogP contribution is 2.18. The molecule has 4 rings (SSSR count). The van der Waals surface area contributed by atoms with Crippen molar-refractivity contribution in [2.45, 2.75) is 19.8 Å². The molecule has 1 aromatic carbocycles. The number of hydrogen-bond donors (Lipinski definition) is 1. The van der Waals surface area contributed by atoms with Crippen LogP contribution in [0.25, 0.3) is 11.4 Å². The number of pyridine rings is 1. The third kappa shape index (κ3) is 4.87. The fourth-order valence-corrected chi connectivity index (χ4v) is 4.15. The number of aromatic nitrogens is 3. The number of ether oxygens (including phenoxy) is 1. The number of carbonyl (C=O) groups is 1. The van der Waals surface area contributed by atoms with Gasteiger partial charge in [0.05, 0.1) is 23.5 Å². The molecule has 0 radical (unpaired) electrons. The number of nitrogens with zero attached hydrogens (tertiary/aromatic N) is 3. The highest BCUT2D eigenvalue weighted by Gasteiger charge is 2.10. The number of ketones is 1. The zero-order valence-corrected chi connectivity index (χ0v) is 18.4. The lowest BCUT2D eigenvalue weighted by Crippen LogP contribution is -2.20. The number of aliphatic hydroxyl groups is 1. The molecule has 7 nitrogen and oxygen atoms in total. The van der Waals surface area contributed by atoms with Crippen LogP contribution >= 0.6 is 11.3 Å². The summed E-state index contributed by atoms with van der Waals surface area (Å²) in [5.41, 5.74) is 2.16. The van der Waals surface area contributed by atoms with Gasteiger partial charge in [0.1, 0.15) is 6.61 Å². The molecule has 0 saturated carbocycles. The molecule has 8 heteroatoms. The largest absolute Gasteiger partial charge is 0.485 e. The Labute approximate surface area is 189 Å². The van der Waals surface area contributed by atoms with Crippen LogP contribution in [0, 0.1) is 6.92 Å². The third-order valence-corrected chi connectivity index (χ3v) is 5.99. The number of Topliss-reactive ketones (excluding diaryl/α,β-unsaturated/α-hetero) is 1. The highest BCUT2D eigenvalue weighted by molar-refractivity contribution is 7.14. The first kappa shape index (κ1) is 21.7. The summed E-state index contributed by atoms with van der Waals surface area (Å²) in [7, 11) is 0. The van der Waals surface area contributed by atoms with E-state index in [-0.39, 0.29) is 30.3 Å². The minimum Gasteiger partial charge on any atom is -0.485 e. The van der Waals surface area contributed by atoms with E-state index < -0.39 is 0 Å². The molecule has 0 unspecified atom stereocenters. The summed E-state index contributed by atoms with van der Waals surface area (Å²) < 4.78 is 8.68. The van der Waals surface area contributed by atoms with Crippen molar-refractivity contribution in [3.8, 4) is 17.1 Å². The van der Waals surface area contributed by atoms with Gasteiger partial charge in [-0.15, -0.1) is 11.3 Å². The van der Waals surface area contributed by atoms with Crippen LogP contribution in [0.3, 0.4) is 0 Å². The van der Waals surface area contributed by atoms with Crippen molar-refractivity contribution in [1.82, 2.24) is 14.1 Å². The van der Waals surface area contributed by atoms with E-state index in [1.807, 2.05) is 54.1 Å². The van der Waals surface area contributed by atoms with Gasteiger partial charge in [-0.1, -0.05) is 0 Å². The van der Waals surface area contributed by atoms with Crippen molar-refractivity contribution in [2.75, 3.05) is 13.2 Å². The first-order valence-corrected chi connectivity index (χ1v) is 11.1. The monoisotopic (exact) mass is 449 g/mol. The summed E-state index contributed by atoms with van der Waals surface area (Å²) in [5.74, 6) is 0.328. The van der Waals surface area contributed by atoms with Crippen LogP contribution in [0.15, 0.2) is 72.0 Å². The Balaban J connectivity index is 1.44. The Morgan fingerprint density at radius 3 is 2.62 bits per heavy atom. The normalized spacial score (nSPS) is 10.9. The van der Waals surface area contributed by atoms with E-state index in [1.165, 1.54) is 15.9 Å². The van der Waals surface area contributed by atoms with Gasteiger partial charge < -0.3 is 14.4 Å². The zero-order valence-electron chi connectivity index (χ0n) is 17.6. The van der Waals surface area contributed by atoms with Gasteiger partial charge in [-0.2, -0.15) is 0 Å². The number of aliphatic hydroxyl groups excluding tert-OH is 1. The van der Waals surface area contributed by atoms with Crippen molar-refractivity contribution in [2.24, 2.45) is 0 Å². The lowest BCUT2D eigenvalue weighted by atomic mass is 10.1. The second-order valence-electron chi connectivity index (χ2n) is 7.24. The van der Waals surface area contributed by atoms with Gasteiger partial charge in [0.15, 0.2) is 11.5 Å². The first-order valence-electron chi connectivity index (χ1n) is 10.2. The smallest absolute Gasteiger partial charge is 0.297 e. The lowest BCUT2D eigenvalue weighted by molar-refractivity contribution is 0.0986. The number of hydrogen-bond acceptors (Lipinski definition) is 6. The zero-order chi connectivity index (χ0) is 22.5. The standard InChI is InChI=1S/C24H23N3O4S/c1-17-4-11-23(32-17)21(29)10-5-18-15-26(16-25-18)19-6-8-20(9-7-19)27-12-2-3-22(24(27)30)31-14-13-28/h2-4,6-9,11-12,15-16,28H,5,10,13-14H2,1H3. The van der Waals surface area contributed by atoms with Gasteiger partial charge in [-0.3, -0.25) is 14.2 Å². The summed E-state index contributed by atoms with van der Waals surface area (Å²) in [5, 5.41) is 8.90. The summed E-state index contributed by atoms with van der Waals surface area (Å²) in [6.07, 6.45) is 6.31. The second-order valence-corrected chi connectivity index (χ2v) is 8.53. The van der Waals surface area contributed by atoms with Crippen LogP contribution in [0.4, 0.5) is 0 Å². The van der Waals surface area contributed by atoms with Crippen LogP contribution in [-0.4, -0.2) is 38.2 Å². The fourth-order valence-electron chi connectivity index (χ4n) is 3.31. The molecular formula is C24H23N3O4S. The van der Waals surface area contributed by atoms with Crippen molar-refractivity contribution >= 4 is 17.1 Å². The van der Waals surface area contributed by atoms with Crippen molar-refractivity contribution in [1.29, 1.82) is 0 Å². The molecule has 0 atom stereocenters. The van der Waals surface area contributed by atoms with Crippen molar-refractivity contribution in [3.63, 3.8) is 0 Å². The van der Waals surface area contributed by atoms with Gasteiger partial charge in [0.2, 0.25) is 0 Å². The minimum absolute atomic E-state index is 0.0692. The number of rotatable bonds is 9. The second kappa shape index (κ2) is 9.76. The average molecular weight is 450 g/mol. The van der Waals surface area contributed by atoms with Gasteiger partial charge in [0, 0.05) is 35.1 Å². The molecule has 4 aromatic rings. The molecule has 0 saturated heterocycles. The third-order valence-electron chi connectivity index (χ3n) is 4.95. The fraction of sp³-hybridized carbons (Fsp3) is 0.208. The molecule has 0 fully saturated rings. The van der Waals surface area contributed by atoms with E-state index in [0.717, 1.165) is 21.1 Å². The van der Waals surface area contributed by atoms with E-state index in [9.17, 15) is 9.59 Å². The highest BCUT2D eigenvalue weighted by atomic mass is 32.1. The molecule has 164 valence electrons. The Kier molecular flexibility index (Phi) is 6.63. The molecule has 0 aliphatic heterocycles. The number of carbonyl (C=O) groups excluding carboxylic acids is 1. The Hall–Kier alpha value is -3.49. The van der Waals surface area contributed by atoms with Gasteiger partial charge in [0.25, 0.3) is 5.56 Å². The van der Waals surface area contributed by atoms with Crippen LogP contribution in [0.2, 0.25) is 0 Å². The Morgan fingerprint density at radius 1 is 1.12 bits per heavy atom. The van der Waals surface area contributed by atoms with Crippen LogP contribution in [-0.2, 0) is 6.42 Å². The number of aryl methyl sites for hydroxylation is 2. The minimum atomic E-state index is -0.288. The van der Waals surface area contributed by atoms with E-state index in [4.69, 9.17) is 9.84 Å².